The van der Waals surface area contributed by atoms with E-state index in [4.69, 9.17) is 24.1 Å². The quantitative estimate of drug-likeness (QED) is 0.131. The fraction of sp³-hybridized carbons (Fsp3) is 0.733. The highest BCUT2D eigenvalue weighted by Gasteiger charge is 2.36. The minimum atomic E-state index is -1.19. The van der Waals surface area contributed by atoms with E-state index in [-0.39, 0.29) is 39.3 Å². The maximum atomic E-state index is 13.4. The number of nitrogens with one attached hydrogen (secondary N) is 2. The van der Waals surface area contributed by atoms with Crippen LogP contribution in [0.2, 0.25) is 0 Å². The molecular formula is C15H25FN2O8. The van der Waals surface area contributed by atoms with Crippen LogP contribution in [0, 0.1) is 0 Å². The van der Waals surface area contributed by atoms with Gasteiger partial charge in [0.2, 0.25) is 12.2 Å². The summed E-state index contributed by atoms with van der Waals surface area (Å²) in [4.78, 5) is 21.2. The van der Waals surface area contributed by atoms with Gasteiger partial charge in [-0.3, -0.25) is 14.9 Å². The average Bonchev–Trinajstić information content (AvgIpc) is 3.01. The van der Waals surface area contributed by atoms with Crippen LogP contribution >= 0.6 is 0 Å². The first kappa shape index (κ1) is 22.4. The minimum absolute atomic E-state index is 0.0656. The van der Waals surface area contributed by atoms with Gasteiger partial charge in [0.15, 0.2) is 6.29 Å². The lowest BCUT2D eigenvalue weighted by Gasteiger charge is -2.21. The Morgan fingerprint density at radius 3 is 2.81 bits per heavy atom. The Labute approximate surface area is 150 Å². The Kier molecular flexibility index (Phi) is 10.9. The zero-order chi connectivity index (χ0) is 19.4. The van der Waals surface area contributed by atoms with Gasteiger partial charge in [0.1, 0.15) is 12.3 Å². The molecule has 0 aromatic carbocycles. The van der Waals surface area contributed by atoms with Crippen LogP contribution in [0.1, 0.15) is 13.3 Å². The molecule has 2 unspecified atom stereocenters. The summed E-state index contributed by atoms with van der Waals surface area (Å²) in [5.41, 5.74) is 0. The van der Waals surface area contributed by atoms with Crippen molar-refractivity contribution in [1.82, 2.24) is 10.6 Å². The highest BCUT2D eigenvalue weighted by atomic mass is 19.1. The van der Waals surface area contributed by atoms with Crippen LogP contribution in [-0.4, -0.2) is 80.3 Å². The van der Waals surface area contributed by atoms with Crippen molar-refractivity contribution in [2.24, 2.45) is 0 Å². The highest BCUT2D eigenvalue weighted by molar-refractivity contribution is 5.97. The van der Waals surface area contributed by atoms with E-state index in [2.05, 4.69) is 5.32 Å². The number of hydrogen-bond donors (Lipinski definition) is 4. The number of carbonyl (C=O) groups excluding carboxylic acids is 2. The molecule has 0 saturated carbocycles. The van der Waals surface area contributed by atoms with Crippen molar-refractivity contribution in [1.29, 1.82) is 0 Å². The number of hydrogen-bond acceptors (Lipinski definition) is 9. The van der Waals surface area contributed by atoms with E-state index < -0.39 is 36.5 Å². The van der Waals surface area contributed by atoms with Gasteiger partial charge >= 0.3 is 0 Å². The van der Waals surface area contributed by atoms with Crippen molar-refractivity contribution >= 4 is 12.3 Å². The summed E-state index contributed by atoms with van der Waals surface area (Å²) >= 11 is 0. The van der Waals surface area contributed by atoms with E-state index in [0.29, 0.717) is 6.61 Å². The zero-order valence-corrected chi connectivity index (χ0v) is 14.4. The Morgan fingerprint density at radius 2 is 2.15 bits per heavy atom. The van der Waals surface area contributed by atoms with Crippen LogP contribution in [0.15, 0.2) is 12.0 Å². The molecule has 1 fully saturated rings. The molecular weight excluding hydrogens is 355 g/mol. The standard InChI is InChI=1S/C15H25FN2O8/c1-10(24-5-4-23-3-2-19)25-12-6-14(26-13(12)8-20)17-7-11(16)15(22)18-9-21/h7,9-10,12-14,17,19-20H,2-6,8H2,1H3,(H,18,21,22)/b11-7+/t10?,12?,13-,14-/m1/s1. The van der Waals surface area contributed by atoms with E-state index >= 15 is 0 Å². The van der Waals surface area contributed by atoms with E-state index in [0.717, 1.165) is 6.20 Å². The number of carbonyl (C=O) groups is 2. The Balaban J connectivity index is 2.39. The van der Waals surface area contributed by atoms with Crippen LogP contribution in [0.4, 0.5) is 4.39 Å². The zero-order valence-electron chi connectivity index (χ0n) is 14.4. The Hall–Kier alpha value is -1.63. The third-order valence-corrected chi connectivity index (χ3v) is 3.37. The molecule has 11 heteroatoms. The number of amides is 2. The normalized spacial score (nSPS) is 24.3. The molecule has 0 bridgehead atoms. The lowest BCUT2D eigenvalue weighted by atomic mass is 10.2. The van der Waals surface area contributed by atoms with Gasteiger partial charge in [0.05, 0.1) is 39.1 Å². The van der Waals surface area contributed by atoms with Gasteiger partial charge < -0.3 is 34.5 Å². The molecule has 0 radical (unpaired) electrons. The molecule has 0 aromatic heterocycles. The molecule has 10 nitrogen and oxygen atoms in total. The van der Waals surface area contributed by atoms with Gasteiger partial charge in [-0.1, -0.05) is 0 Å². The van der Waals surface area contributed by atoms with Crippen molar-refractivity contribution in [2.45, 2.75) is 38.1 Å². The van der Waals surface area contributed by atoms with Crippen molar-refractivity contribution < 1.29 is 43.1 Å². The van der Waals surface area contributed by atoms with E-state index in [1.807, 2.05) is 0 Å². The smallest absolute Gasteiger partial charge is 0.287 e. The van der Waals surface area contributed by atoms with Crippen LogP contribution in [0.25, 0.3) is 0 Å². The molecule has 1 rings (SSSR count). The van der Waals surface area contributed by atoms with Crippen molar-refractivity contribution in [2.75, 3.05) is 33.0 Å². The van der Waals surface area contributed by atoms with Crippen molar-refractivity contribution in [3.05, 3.63) is 12.0 Å². The second-order valence-corrected chi connectivity index (χ2v) is 5.28. The summed E-state index contributed by atoms with van der Waals surface area (Å²) in [6.45, 7) is 2.08. The molecule has 4 N–H and O–H groups in total. The number of rotatable bonds is 13. The number of aliphatic hydroxyl groups excluding tert-OH is 2. The fourth-order valence-electron chi connectivity index (χ4n) is 2.21. The molecule has 2 amide bonds. The van der Waals surface area contributed by atoms with Crippen LogP contribution in [0.3, 0.4) is 0 Å². The summed E-state index contributed by atoms with van der Waals surface area (Å²) in [5, 5.41) is 22.1. The molecule has 26 heavy (non-hydrogen) atoms. The van der Waals surface area contributed by atoms with Gasteiger partial charge in [-0.25, -0.2) is 0 Å². The predicted molar refractivity (Wildman–Crippen MR) is 85.1 cm³/mol. The Bertz CT molecular complexity index is 465. The lowest BCUT2D eigenvalue weighted by Crippen LogP contribution is -2.32. The monoisotopic (exact) mass is 380 g/mol. The van der Waals surface area contributed by atoms with Crippen LogP contribution < -0.4 is 10.6 Å². The minimum Gasteiger partial charge on any atom is -0.394 e. The van der Waals surface area contributed by atoms with E-state index in [1.165, 1.54) is 0 Å². The average molecular weight is 380 g/mol. The highest BCUT2D eigenvalue weighted by Crippen LogP contribution is 2.23. The molecule has 1 aliphatic heterocycles. The molecule has 1 aliphatic rings. The fourth-order valence-corrected chi connectivity index (χ4v) is 2.21. The maximum absolute atomic E-state index is 13.4. The number of imide groups is 1. The second-order valence-electron chi connectivity index (χ2n) is 5.28. The first-order valence-corrected chi connectivity index (χ1v) is 8.10. The van der Waals surface area contributed by atoms with Crippen LogP contribution in [0.5, 0.6) is 0 Å². The maximum Gasteiger partial charge on any atom is 0.287 e. The van der Waals surface area contributed by atoms with Gasteiger partial charge in [0.25, 0.3) is 5.91 Å². The molecule has 150 valence electrons. The number of halogens is 1. The lowest BCUT2D eigenvalue weighted by molar-refractivity contribution is -0.180. The molecule has 0 spiro atoms. The molecule has 4 atom stereocenters. The molecule has 0 aromatic rings. The summed E-state index contributed by atoms with van der Waals surface area (Å²) in [5.74, 6) is -2.37. The van der Waals surface area contributed by atoms with Gasteiger partial charge in [-0.05, 0) is 6.92 Å². The topological polar surface area (TPSA) is 136 Å². The molecule has 0 aliphatic carbocycles. The Morgan fingerprint density at radius 1 is 1.38 bits per heavy atom. The first-order valence-electron chi connectivity index (χ1n) is 8.10. The predicted octanol–water partition coefficient (Wildman–Crippen LogP) is -1.48. The van der Waals surface area contributed by atoms with E-state index in [9.17, 15) is 19.1 Å². The van der Waals surface area contributed by atoms with Gasteiger partial charge in [-0.15, -0.1) is 0 Å². The summed E-state index contributed by atoms with van der Waals surface area (Å²) < 4.78 is 35.0. The van der Waals surface area contributed by atoms with Gasteiger partial charge in [0, 0.05) is 12.6 Å². The largest absolute Gasteiger partial charge is 0.394 e. The SMILES string of the molecule is CC(OCCOCCO)OC1C[C@H](N/C=C(/F)C(=O)NC=O)O[C@@H]1CO. The third kappa shape index (κ3) is 8.17. The number of ether oxygens (including phenoxy) is 4. The summed E-state index contributed by atoms with van der Waals surface area (Å²) in [7, 11) is 0. The van der Waals surface area contributed by atoms with Crippen LogP contribution in [-0.2, 0) is 28.5 Å². The third-order valence-electron chi connectivity index (χ3n) is 3.37. The van der Waals surface area contributed by atoms with Crippen molar-refractivity contribution in [3.8, 4) is 0 Å². The first-order chi connectivity index (χ1) is 12.5. The van der Waals surface area contributed by atoms with Crippen molar-refractivity contribution in [3.63, 3.8) is 0 Å². The molecule has 1 saturated heterocycles. The van der Waals surface area contributed by atoms with Gasteiger partial charge in [-0.2, -0.15) is 4.39 Å². The number of aliphatic hydroxyl groups is 2. The second kappa shape index (κ2) is 12.7. The summed E-state index contributed by atoms with van der Waals surface area (Å²) in [6, 6.07) is 0. The van der Waals surface area contributed by atoms with E-state index in [1.54, 1.807) is 12.2 Å². The molecule has 1 heterocycles. The summed E-state index contributed by atoms with van der Waals surface area (Å²) in [6.07, 6.45) is -1.32.